The van der Waals surface area contributed by atoms with Crippen LogP contribution < -0.4 is 5.32 Å². The number of ether oxygens (including phenoxy) is 1. The molecule has 126 valence electrons. The third-order valence-corrected chi connectivity index (χ3v) is 4.90. The summed E-state index contributed by atoms with van der Waals surface area (Å²) in [6.07, 6.45) is 3.45. The molecule has 3 atom stereocenters. The van der Waals surface area contributed by atoms with Gasteiger partial charge in [0.2, 0.25) is 0 Å². The number of hydrogen-bond acceptors (Lipinski definition) is 3. The topological polar surface area (TPSA) is 55.4 Å². The zero-order valence-electron chi connectivity index (χ0n) is 13.3. The van der Waals surface area contributed by atoms with E-state index in [2.05, 4.69) is 28.2 Å². The predicted molar refractivity (Wildman–Crippen MR) is 88.5 cm³/mol. The molecule has 1 fully saturated rings. The normalized spacial score (nSPS) is 22.3. The van der Waals surface area contributed by atoms with Crippen LogP contribution in [0.5, 0.6) is 0 Å². The number of carbonyl (C=O) groups excluding carboxylic acids is 2. The zero-order valence-corrected chi connectivity index (χ0v) is 14.9. The maximum atomic E-state index is 13.1. The minimum atomic E-state index is -0.895. The van der Waals surface area contributed by atoms with Crippen LogP contribution in [-0.4, -0.2) is 24.0 Å². The summed E-state index contributed by atoms with van der Waals surface area (Å²) in [5.41, 5.74) is 0.192. The van der Waals surface area contributed by atoms with Crippen molar-refractivity contribution in [3.8, 4) is 0 Å². The number of amides is 1. The van der Waals surface area contributed by atoms with Crippen molar-refractivity contribution in [2.75, 3.05) is 0 Å². The second-order valence-electron chi connectivity index (χ2n) is 6.05. The molecule has 1 saturated carbocycles. The second-order valence-corrected chi connectivity index (χ2v) is 6.90. The highest BCUT2D eigenvalue weighted by Gasteiger charge is 2.26. The molecule has 0 bridgehead atoms. The first-order valence-electron chi connectivity index (χ1n) is 7.85. The third-order valence-electron chi connectivity index (χ3n) is 4.24. The van der Waals surface area contributed by atoms with Gasteiger partial charge in [0.15, 0.2) is 6.10 Å². The Hall–Kier alpha value is -1.43. The Morgan fingerprint density at radius 3 is 2.70 bits per heavy atom. The molecule has 0 radical (unpaired) electrons. The van der Waals surface area contributed by atoms with Crippen LogP contribution in [0.4, 0.5) is 4.39 Å². The van der Waals surface area contributed by atoms with Gasteiger partial charge in [-0.2, -0.15) is 0 Å². The number of hydrogen-bond donors (Lipinski definition) is 1. The van der Waals surface area contributed by atoms with Crippen molar-refractivity contribution in [1.29, 1.82) is 0 Å². The van der Waals surface area contributed by atoms with Crippen LogP contribution in [0.2, 0.25) is 0 Å². The fourth-order valence-electron chi connectivity index (χ4n) is 2.76. The lowest BCUT2D eigenvalue weighted by atomic mass is 9.86. The predicted octanol–water partition coefficient (Wildman–Crippen LogP) is 3.83. The molecule has 1 N–H and O–H groups in total. The molecule has 1 aliphatic carbocycles. The molecule has 4 nitrogen and oxygen atoms in total. The fourth-order valence-corrected chi connectivity index (χ4v) is 3.28. The van der Waals surface area contributed by atoms with Crippen molar-refractivity contribution >= 4 is 27.8 Å². The highest BCUT2D eigenvalue weighted by molar-refractivity contribution is 9.10. The van der Waals surface area contributed by atoms with Gasteiger partial charge in [-0.05, 0) is 59.8 Å². The number of esters is 1. The van der Waals surface area contributed by atoms with E-state index in [0.29, 0.717) is 10.4 Å². The van der Waals surface area contributed by atoms with Crippen LogP contribution in [0, 0.1) is 11.7 Å². The van der Waals surface area contributed by atoms with E-state index in [1.807, 2.05) is 0 Å². The van der Waals surface area contributed by atoms with E-state index in [1.165, 1.54) is 31.5 Å². The maximum absolute atomic E-state index is 13.1. The van der Waals surface area contributed by atoms with Crippen LogP contribution in [0.15, 0.2) is 22.7 Å². The van der Waals surface area contributed by atoms with E-state index < -0.39 is 17.9 Å². The Bertz CT molecular complexity index is 593. The minimum Gasteiger partial charge on any atom is -0.449 e. The van der Waals surface area contributed by atoms with Crippen molar-refractivity contribution in [1.82, 2.24) is 5.32 Å². The van der Waals surface area contributed by atoms with Gasteiger partial charge in [-0.3, -0.25) is 4.79 Å². The first kappa shape index (κ1) is 17.9. The molecule has 1 aliphatic rings. The van der Waals surface area contributed by atoms with Gasteiger partial charge in [0, 0.05) is 10.5 Å². The molecule has 1 amide bonds. The summed E-state index contributed by atoms with van der Waals surface area (Å²) in [5.74, 6) is -0.973. The van der Waals surface area contributed by atoms with Gasteiger partial charge in [-0.25, -0.2) is 9.18 Å². The lowest BCUT2D eigenvalue weighted by molar-refractivity contribution is -0.130. The van der Waals surface area contributed by atoms with Gasteiger partial charge >= 0.3 is 5.97 Å². The summed E-state index contributed by atoms with van der Waals surface area (Å²) in [7, 11) is 0. The van der Waals surface area contributed by atoms with Gasteiger partial charge in [0.05, 0.1) is 5.56 Å². The van der Waals surface area contributed by atoms with Crippen LogP contribution in [0.1, 0.15) is 49.9 Å². The smallest absolute Gasteiger partial charge is 0.340 e. The molecule has 1 aromatic carbocycles. The largest absolute Gasteiger partial charge is 0.449 e. The SMILES string of the molecule is C[C@@H](OC(=O)c1ccc(F)cc1Br)C(=O)N[C@@H]1CCCC[C@@H]1C. The average Bonchev–Trinajstić information content (AvgIpc) is 2.49. The first-order valence-corrected chi connectivity index (χ1v) is 8.64. The van der Waals surface area contributed by atoms with Gasteiger partial charge in [0.1, 0.15) is 5.82 Å². The average molecular weight is 386 g/mol. The zero-order chi connectivity index (χ0) is 17.0. The second kappa shape index (κ2) is 7.90. The lowest BCUT2D eigenvalue weighted by Crippen LogP contribution is -2.46. The van der Waals surface area contributed by atoms with E-state index in [9.17, 15) is 14.0 Å². The van der Waals surface area contributed by atoms with E-state index in [-0.39, 0.29) is 17.5 Å². The summed E-state index contributed by atoms with van der Waals surface area (Å²) in [5, 5.41) is 2.96. The molecule has 23 heavy (non-hydrogen) atoms. The third kappa shape index (κ3) is 4.77. The van der Waals surface area contributed by atoms with Gasteiger partial charge in [-0.15, -0.1) is 0 Å². The molecular weight excluding hydrogens is 365 g/mol. The Morgan fingerprint density at radius 1 is 1.35 bits per heavy atom. The summed E-state index contributed by atoms with van der Waals surface area (Å²) >= 11 is 3.12. The van der Waals surface area contributed by atoms with Gasteiger partial charge in [-0.1, -0.05) is 19.8 Å². The first-order chi connectivity index (χ1) is 10.9. The monoisotopic (exact) mass is 385 g/mol. The number of nitrogens with one attached hydrogen (secondary N) is 1. The number of rotatable bonds is 4. The lowest BCUT2D eigenvalue weighted by Gasteiger charge is -2.30. The molecule has 6 heteroatoms. The summed E-state index contributed by atoms with van der Waals surface area (Å²) in [6, 6.07) is 3.83. The fraction of sp³-hybridized carbons (Fsp3) is 0.529. The molecule has 0 spiro atoms. The molecule has 2 rings (SSSR count). The van der Waals surface area contributed by atoms with Crippen LogP contribution in [-0.2, 0) is 9.53 Å². The Labute approximate surface area is 143 Å². The van der Waals surface area contributed by atoms with E-state index in [0.717, 1.165) is 19.3 Å². The minimum absolute atomic E-state index is 0.134. The van der Waals surface area contributed by atoms with Gasteiger partial charge < -0.3 is 10.1 Å². The Morgan fingerprint density at radius 2 is 2.04 bits per heavy atom. The number of benzene rings is 1. The van der Waals surface area contributed by atoms with Crippen molar-refractivity contribution in [3.63, 3.8) is 0 Å². The van der Waals surface area contributed by atoms with Crippen LogP contribution >= 0.6 is 15.9 Å². The van der Waals surface area contributed by atoms with Crippen LogP contribution in [0.3, 0.4) is 0 Å². The number of carbonyl (C=O) groups is 2. The quantitative estimate of drug-likeness (QED) is 0.801. The Kier molecular flexibility index (Phi) is 6.16. The van der Waals surface area contributed by atoms with Crippen molar-refractivity contribution in [2.45, 2.75) is 51.7 Å². The summed E-state index contributed by atoms with van der Waals surface area (Å²) < 4.78 is 18.5. The summed E-state index contributed by atoms with van der Waals surface area (Å²) in [6.45, 7) is 3.66. The van der Waals surface area contributed by atoms with Crippen molar-refractivity contribution in [2.24, 2.45) is 5.92 Å². The molecule has 0 unspecified atom stereocenters. The standard InChI is InChI=1S/C17H21BrFNO3/c1-10-5-3-4-6-15(10)20-16(21)11(2)23-17(22)13-8-7-12(19)9-14(13)18/h7-11,15H,3-6H2,1-2H3,(H,20,21)/t10-,11+,15+/m0/s1. The summed E-state index contributed by atoms with van der Waals surface area (Å²) in [4.78, 5) is 24.3. The molecule has 0 aromatic heterocycles. The molecular formula is C17H21BrFNO3. The van der Waals surface area contributed by atoms with Crippen molar-refractivity contribution in [3.05, 3.63) is 34.1 Å². The molecule has 1 aromatic rings. The Balaban J connectivity index is 1.93. The highest BCUT2D eigenvalue weighted by atomic mass is 79.9. The molecule has 0 saturated heterocycles. The van der Waals surface area contributed by atoms with E-state index >= 15 is 0 Å². The van der Waals surface area contributed by atoms with Crippen LogP contribution in [0.25, 0.3) is 0 Å². The van der Waals surface area contributed by atoms with E-state index in [4.69, 9.17) is 4.74 Å². The van der Waals surface area contributed by atoms with E-state index in [1.54, 1.807) is 0 Å². The number of halogens is 2. The highest BCUT2D eigenvalue weighted by Crippen LogP contribution is 2.24. The maximum Gasteiger partial charge on any atom is 0.340 e. The molecule has 0 aliphatic heterocycles. The molecule has 0 heterocycles. The van der Waals surface area contributed by atoms with Gasteiger partial charge in [0.25, 0.3) is 5.91 Å². The van der Waals surface area contributed by atoms with Crippen molar-refractivity contribution < 1.29 is 18.7 Å².